The molecule has 1 N–H and O–H groups in total. The van der Waals surface area contributed by atoms with Crippen LogP contribution in [0, 0.1) is 0 Å². The first-order valence-electron chi connectivity index (χ1n) is 7.44. The molecule has 2 aromatic carbocycles. The lowest BCUT2D eigenvalue weighted by Crippen LogP contribution is -2.41. The number of carbonyl (C=O) groups excluding carboxylic acids is 2. The maximum absolute atomic E-state index is 13.0. The molecule has 1 aliphatic rings. The number of anilines is 2. The van der Waals surface area contributed by atoms with Gasteiger partial charge in [0.15, 0.2) is 0 Å². The predicted molar refractivity (Wildman–Crippen MR) is 94.6 cm³/mol. The Hall–Kier alpha value is -2.19. The van der Waals surface area contributed by atoms with Crippen LogP contribution in [0.2, 0.25) is 5.02 Å². The molecule has 0 saturated heterocycles. The van der Waals surface area contributed by atoms with Crippen molar-refractivity contribution in [1.29, 1.82) is 0 Å². The molecule has 3 rings (SSSR count). The summed E-state index contributed by atoms with van der Waals surface area (Å²) in [5.74, 6) is -0.879. The molecule has 136 valence electrons. The summed E-state index contributed by atoms with van der Waals surface area (Å²) >= 11 is 6.92. The third kappa shape index (κ3) is 4.13. The number of amides is 2. The van der Waals surface area contributed by atoms with E-state index in [0.29, 0.717) is 15.6 Å². The molecule has 9 heteroatoms. The van der Waals surface area contributed by atoms with Crippen LogP contribution in [-0.2, 0) is 15.8 Å². The van der Waals surface area contributed by atoms with Gasteiger partial charge in [-0.15, -0.1) is 11.8 Å². The molecule has 4 nitrogen and oxygen atoms in total. The topological polar surface area (TPSA) is 49.4 Å². The SMILES string of the molecule is O=C(CN1C(=O)CSc2ccc(C(F)(F)F)cc21)Nc1ccc(Cl)cc1. The lowest BCUT2D eigenvalue weighted by molar-refractivity contribution is -0.137. The van der Waals surface area contributed by atoms with Crippen molar-refractivity contribution in [3.05, 3.63) is 53.1 Å². The third-order valence-electron chi connectivity index (χ3n) is 3.66. The summed E-state index contributed by atoms with van der Waals surface area (Å²) < 4.78 is 38.9. The minimum Gasteiger partial charge on any atom is -0.325 e. The second-order valence-corrected chi connectivity index (χ2v) is 6.96. The number of hydrogen-bond donors (Lipinski definition) is 1. The maximum Gasteiger partial charge on any atom is 0.416 e. The van der Waals surface area contributed by atoms with Crippen molar-refractivity contribution in [2.45, 2.75) is 11.1 Å². The molecule has 0 unspecified atom stereocenters. The van der Waals surface area contributed by atoms with Gasteiger partial charge in [-0.2, -0.15) is 13.2 Å². The van der Waals surface area contributed by atoms with E-state index in [0.717, 1.165) is 28.8 Å². The second-order valence-electron chi connectivity index (χ2n) is 5.50. The molecular formula is C17H12ClF3N2O2S. The highest BCUT2D eigenvalue weighted by Gasteiger charge is 2.34. The van der Waals surface area contributed by atoms with E-state index in [9.17, 15) is 22.8 Å². The van der Waals surface area contributed by atoms with Gasteiger partial charge in [-0.3, -0.25) is 9.59 Å². The summed E-state index contributed by atoms with van der Waals surface area (Å²) in [5.41, 5.74) is -0.301. The number of hydrogen-bond acceptors (Lipinski definition) is 3. The molecule has 0 atom stereocenters. The number of halogens is 4. The van der Waals surface area contributed by atoms with Crippen LogP contribution in [0.15, 0.2) is 47.4 Å². The van der Waals surface area contributed by atoms with Crippen molar-refractivity contribution in [2.75, 3.05) is 22.5 Å². The Balaban J connectivity index is 1.82. The zero-order valence-corrected chi connectivity index (χ0v) is 14.7. The van der Waals surface area contributed by atoms with Gasteiger partial charge >= 0.3 is 6.18 Å². The second kappa shape index (κ2) is 7.20. The monoisotopic (exact) mass is 400 g/mol. The van der Waals surface area contributed by atoms with E-state index in [1.54, 1.807) is 24.3 Å². The van der Waals surface area contributed by atoms with Crippen LogP contribution >= 0.6 is 23.4 Å². The number of fused-ring (bicyclic) bond motifs is 1. The van der Waals surface area contributed by atoms with Crippen LogP contribution in [0.1, 0.15) is 5.56 Å². The van der Waals surface area contributed by atoms with Gasteiger partial charge in [-0.05, 0) is 42.5 Å². The molecule has 1 aliphatic heterocycles. The number of alkyl halides is 3. The van der Waals surface area contributed by atoms with Crippen LogP contribution in [0.3, 0.4) is 0 Å². The van der Waals surface area contributed by atoms with Gasteiger partial charge in [-0.25, -0.2) is 0 Å². The van der Waals surface area contributed by atoms with E-state index >= 15 is 0 Å². The molecule has 0 aromatic heterocycles. The molecular weight excluding hydrogens is 389 g/mol. The average molecular weight is 401 g/mol. The molecule has 0 fully saturated rings. The summed E-state index contributed by atoms with van der Waals surface area (Å²) in [6, 6.07) is 9.53. The fourth-order valence-corrected chi connectivity index (χ4v) is 3.47. The Kier molecular flexibility index (Phi) is 5.15. The zero-order chi connectivity index (χ0) is 18.9. The van der Waals surface area contributed by atoms with Crippen LogP contribution in [0.25, 0.3) is 0 Å². The lowest BCUT2D eigenvalue weighted by atomic mass is 10.1. The van der Waals surface area contributed by atoms with Gasteiger partial charge in [-0.1, -0.05) is 11.6 Å². The highest BCUT2D eigenvalue weighted by Crippen LogP contribution is 2.39. The molecule has 0 aliphatic carbocycles. The Bertz CT molecular complexity index is 856. The summed E-state index contributed by atoms with van der Waals surface area (Å²) in [4.78, 5) is 26.0. The standard InChI is InChI=1S/C17H12ClF3N2O2S/c18-11-2-4-12(5-3-11)22-15(24)8-23-13-7-10(17(19,20)21)1-6-14(13)26-9-16(23)25/h1-7H,8-9H2,(H,22,24). The van der Waals surface area contributed by atoms with Crippen molar-refractivity contribution in [1.82, 2.24) is 0 Å². The number of carbonyl (C=O) groups is 2. The van der Waals surface area contributed by atoms with Crippen molar-refractivity contribution in [3.8, 4) is 0 Å². The fraction of sp³-hybridized carbons (Fsp3) is 0.176. The Morgan fingerprint density at radius 3 is 2.54 bits per heavy atom. The Morgan fingerprint density at radius 2 is 1.88 bits per heavy atom. The van der Waals surface area contributed by atoms with Gasteiger partial charge in [0.1, 0.15) is 6.54 Å². The quantitative estimate of drug-likeness (QED) is 0.828. The number of benzene rings is 2. The predicted octanol–water partition coefficient (Wildman–Crippen LogP) is 4.44. The maximum atomic E-state index is 13.0. The first kappa shape index (κ1) is 18.6. The number of thioether (sulfide) groups is 1. The minimum atomic E-state index is -4.53. The highest BCUT2D eigenvalue weighted by molar-refractivity contribution is 8.00. The van der Waals surface area contributed by atoms with Crippen molar-refractivity contribution in [3.63, 3.8) is 0 Å². The number of nitrogens with zero attached hydrogens (tertiary/aromatic N) is 1. The fourth-order valence-electron chi connectivity index (χ4n) is 2.43. The van der Waals surface area contributed by atoms with Crippen LogP contribution in [0.5, 0.6) is 0 Å². The van der Waals surface area contributed by atoms with Gasteiger partial charge in [0.05, 0.1) is 17.0 Å². The largest absolute Gasteiger partial charge is 0.416 e. The first-order chi connectivity index (χ1) is 12.2. The van der Waals surface area contributed by atoms with E-state index in [1.807, 2.05) is 0 Å². The van der Waals surface area contributed by atoms with Crippen molar-refractivity contribution >= 4 is 46.6 Å². The summed E-state index contributed by atoms with van der Waals surface area (Å²) in [6.45, 7) is -0.379. The van der Waals surface area contributed by atoms with E-state index < -0.39 is 23.6 Å². The van der Waals surface area contributed by atoms with Gasteiger partial charge in [0.25, 0.3) is 0 Å². The van der Waals surface area contributed by atoms with Crippen LogP contribution < -0.4 is 10.2 Å². The molecule has 0 bridgehead atoms. The summed E-state index contributed by atoms with van der Waals surface area (Å²) in [7, 11) is 0. The van der Waals surface area contributed by atoms with E-state index in [1.165, 1.54) is 6.07 Å². The number of rotatable bonds is 3. The number of nitrogens with one attached hydrogen (secondary N) is 1. The third-order valence-corrected chi connectivity index (χ3v) is 4.96. The minimum absolute atomic E-state index is 0.0621. The molecule has 26 heavy (non-hydrogen) atoms. The van der Waals surface area contributed by atoms with Crippen LogP contribution in [-0.4, -0.2) is 24.1 Å². The Labute approximate surface area is 156 Å². The molecule has 2 aromatic rings. The van der Waals surface area contributed by atoms with Crippen molar-refractivity contribution in [2.24, 2.45) is 0 Å². The van der Waals surface area contributed by atoms with E-state index in [4.69, 9.17) is 11.6 Å². The highest BCUT2D eigenvalue weighted by atomic mass is 35.5. The normalized spacial score (nSPS) is 14.2. The van der Waals surface area contributed by atoms with Gasteiger partial charge in [0.2, 0.25) is 11.8 Å². The smallest absolute Gasteiger partial charge is 0.325 e. The van der Waals surface area contributed by atoms with Crippen LogP contribution in [0.4, 0.5) is 24.5 Å². The molecule has 2 amide bonds. The molecule has 0 radical (unpaired) electrons. The lowest BCUT2D eigenvalue weighted by Gasteiger charge is -2.29. The van der Waals surface area contributed by atoms with Gasteiger partial charge < -0.3 is 10.2 Å². The van der Waals surface area contributed by atoms with Gasteiger partial charge in [0, 0.05) is 15.6 Å². The average Bonchev–Trinajstić information content (AvgIpc) is 2.58. The van der Waals surface area contributed by atoms with Crippen molar-refractivity contribution < 1.29 is 22.8 Å². The summed E-state index contributed by atoms with van der Waals surface area (Å²) in [6.07, 6.45) is -4.53. The summed E-state index contributed by atoms with van der Waals surface area (Å²) in [5, 5.41) is 3.09. The molecule has 0 saturated carbocycles. The zero-order valence-electron chi connectivity index (χ0n) is 13.1. The van der Waals surface area contributed by atoms with E-state index in [2.05, 4.69) is 5.32 Å². The molecule has 0 spiro atoms. The van der Waals surface area contributed by atoms with E-state index in [-0.39, 0.29) is 18.0 Å². The molecule has 1 heterocycles. The Morgan fingerprint density at radius 1 is 1.19 bits per heavy atom. The first-order valence-corrected chi connectivity index (χ1v) is 8.80.